The van der Waals surface area contributed by atoms with E-state index in [2.05, 4.69) is 27.8 Å². The van der Waals surface area contributed by atoms with Crippen LogP contribution in [0, 0.1) is 17.3 Å². The topological polar surface area (TPSA) is 204 Å². The number of unbranched alkanes of at least 4 members (excludes halogenated alkanes) is 3. The van der Waals surface area contributed by atoms with Gasteiger partial charge in [-0.25, -0.2) is 0 Å². The maximum absolute atomic E-state index is 14.9. The Balaban J connectivity index is 1.87. The maximum atomic E-state index is 14.9. The zero-order chi connectivity index (χ0) is 44.0. The lowest BCUT2D eigenvalue weighted by Crippen LogP contribution is -2.59. The summed E-state index contributed by atoms with van der Waals surface area (Å²) in [4.78, 5) is 71.2. The monoisotopic (exact) mass is 845 g/mol. The number of carboxylic acid groups (broad SMARTS) is 1. The number of nitrogens with zero attached hydrogens (tertiary/aromatic N) is 2. The van der Waals surface area contributed by atoms with Gasteiger partial charge in [-0.1, -0.05) is 72.8 Å². The zero-order valence-corrected chi connectivity index (χ0v) is 37.7. The second-order valence-electron chi connectivity index (χ2n) is 17.5. The molecule has 3 rings (SSSR count). The molecule has 0 spiro atoms. The third-order valence-corrected chi connectivity index (χ3v) is 12.9. The zero-order valence-electron chi connectivity index (χ0n) is 36.8. The van der Waals surface area contributed by atoms with E-state index < -0.39 is 46.8 Å². The summed E-state index contributed by atoms with van der Waals surface area (Å²) < 4.78 is 5.98. The Morgan fingerprint density at radius 2 is 1.80 bits per heavy atom. The van der Waals surface area contributed by atoms with Gasteiger partial charge < -0.3 is 41.5 Å². The number of likely N-dealkylation sites (tertiary alicyclic amines) is 1. The van der Waals surface area contributed by atoms with E-state index in [0.717, 1.165) is 51.5 Å². The minimum atomic E-state index is -1.16. The number of phenolic OH excluding ortho intramolecular Hbond substituents is 1. The summed E-state index contributed by atoms with van der Waals surface area (Å²) in [7, 11) is 1.96. The van der Waals surface area contributed by atoms with Gasteiger partial charge in [0.05, 0.1) is 17.1 Å². The molecule has 0 bridgehead atoms. The quantitative estimate of drug-likeness (QED) is 0.0336. The van der Waals surface area contributed by atoms with Crippen molar-refractivity contribution in [2.24, 2.45) is 17.3 Å². The molecule has 0 aromatic heterocycles. The van der Waals surface area contributed by atoms with Crippen LogP contribution in [0.5, 0.6) is 5.75 Å². The third-order valence-electron chi connectivity index (χ3n) is 11.8. The van der Waals surface area contributed by atoms with Crippen LogP contribution in [-0.4, -0.2) is 105 Å². The summed E-state index contributed by atoms with van der Waals surface area (Å²) in [6, 6.07) is 2.75. The van der Waals surface area contributed by atoms with Crippen molar-refractivity contribution in [2.75, 3.05) is 25.9 Å². The highest BCUT2D eigenvalue weighted by Gasteiger charge is 2.41. The van der Waals surface area contributed by atoms with Crippen molar-refractivity contribution in [3.63, 3.8) is 0 Å². The Kier molecular flexibility index (Phi) is 19.4. The Hall–Kier alpha value is -3.98. The smallest absolute Gasteiger partial charge is 0.309 e. The minimum Gasteiger partial charge on any atom is -0.506 e. The summed E-state index contributed by atoms with van der Waals surface area (Å²) in [5, 5.41) is 30.4. The van der Waals surface area contributed by atoms with Gasteiger partial charge in [-0.05, 0) is 89.1 Å². The molecule has 0 aliphatic carbocycles. The fourth-order valence-corrected chi connectivity index (χ4v) is 8.92. The molecule has 3 amide bonds. The van der Waals surface area contributed by atoms with Gasteiger partial charge in [0, 0.05) is 37.4 Å². The molecule has 1 saturated heterocycles. The standard InChI is InChI=1S/C44H72N6O8S/c1-10-12-13-15-21-50(42(55)38(28(5)11-2)48-40(54)34-17-14-16-20-49(34)9)35(27(3)4)24-37(58-29(6)51)41-47-33(26-59-41)39(53)46-31(25-44(7,8)43(56)57)22-30-18-19-36(52)32(45)23-30/h18-19,23,26-28,31,34-35,37-38,41,47,52H,10-17,20-22,24-25,45H2,1-9H3,(H,46,53)(H,48,54)(H,56,57)/t28-,31?,34+,35+,37+,38-,41?/m0/s1. The molecule has 2 aliphatic heterocycles. The molecular weight excluding hydrogens is 773 g/mol. The molecule has 59 heavy (non-hydrogen) atoms. The number of amides is 3. The molecule has 7 atom stereocenters. The highest BCUT2D eigenvalue weighted by molar-refractivity contribution is 8.03. The number of phenols is 1. The molecule has 2 heterocycles. The van der Waals surface area contributed by atoms with Crippen LogP contribution in [0.25, 0.3) is 0 Å². The second-order valence-corrected chi connectivity index (χ2v) is 18.6. The maximum Gasteiger partial charge on any atom is 0.309 e. The number of benzene rings is 1. The number of rotatable bonds is 23. The molecule has 1 aromatic carbocycles. The molecule has 1 aromatic rings. The summed E-state index contributed by atoms with van der Waals surface area (Å²) >= 11 is 1.30. The molecule has 7 N–H and O–H groups in total. The van der Waals surface area contributed by atoms with Crippen molar-refractivity contribution >= 4 is 47.1 Å². The van der Waals surface area contributed by atoms with Crippen molar-refractivity contribution in [1.29, 1.82) is 0 Å². The van der Waals surface area contributed by atoms with E-state index in [1.807, 2.05) is 39.6 Å². The van der Waals surface area contributed by atoms with Gasteiger partial charge in [0.1, 0.15) is 29.0 Å². The van der Waals surface area contributed by atoms with Crippen LogP contribution >= 0.6 is 11.8 Å². The summed E-state index contributed by atoms with van der Waals surface area (Å²) in [5.74, 6) is -2.46. The van der Waals surface area contributed by atoms with Crippen molar-refractivity contribution < 1.29 is 38.9 Å². The van der Waals surface area contributed by atoms with Gasteiger partial charge in [-0.15, -0.1) is 11.8 Å². The normalized spacial score (nSPS) is 19.7. The third kappa shape index (κ3) is 14.6. The predicted molar refractivity (Wildman–Crippen MR) is 233 cm³/mol. The number of esters is 1. The lowest BCUT2D eigenvalue weighted by molar-refractivity contribution is -0.150. The van der Waals surface area contributed by atoms with Crippen molar-refractivity contribution in [1.82, 2.24) is 25.8 Å². The summed E-state index contributed by atoms with van der Waals surface area (Å²) in [6.07, 6.45) is 7.16. The number of carbonyl (C=O) groups is 5. The average molecular weight is 845 g/mol. The van der Waals surface area contributed by atoms with Gasteiger partial charge in [0.2, 0.25) is 11.8 Å². The molecular formula is C44H72N6O8S. The largest absolute Gasteiger partial charge is 0.506 e. The van der Waals surface area contributed by atoms with Gasteiger partial charge >= 0.3 is 11.9 Å². The second kappa shape index (κ2) is 23.1. The first-order valence-corrected chi connectivity index (χ1v) is 22.5. The molecule has 2 unspecified atom stereocenters. The highest BCUT2D eigenvalue weighted by Crippen LogP contribution is 2.32. The van der Waals surface area contributed by atoms with Crippen LogP contribution in [0.3, 0.4) is 0 Å². The van der Waals surface area contributed by atoms with Crippen molar-refractivity contribution in [2.45, 2.75) is 162 Å². The molecule has 1 fully saturated rings. The Labute approximate surface area is 356 Å². The SMILES string of the molecule is CCCCCCN(C(=O)[C@@H](NC(=O)[C@H]1CCCCN1C)[C@@H](C)CC)[C@H](C[C@@H](OC(C)=O)C1NC(C(=O)NC(Cc2ccc(O)c(N)c2)CC(C)(C)C(=O)O)=CS1)C(C)C. The average Bonchev–Trinajstić information content (AvgIpc) is 3.67. The van der Waals surface area contributed by atoms with E-state index in [0.29, 0.717) is 18.5 Å². The first-order chi connectivity index (χ1) is 27.8. The molecule has 14 nitrogen and oxygen atoms in total. The van der Waals surface area contributed by atoms with Crippen molar-refractivity contribution in [3.05, 3.63) is 34.9 Å². The van der Waals surface area contributed by atoms with E-state index in [9.17, 15) is 34.2 Å². The summed E-state index contributed by atoms with van der Waals surface area (Å²) in [6.45, 7) is 16.1. The fraction of sp³-hybridized carbons (Fsp3) is 0.705. The molecule has 0 saturated carbocycles. The fourth-order valence-electron chi connectivity index (χ4n) is 7.93. The number of likely N-dealkylation sites (N-methyl/N-ethyl adjacent to an activating group) is 1. The molecule has 0 radical (unpaired) electrons. The first kappa shape index (κ1) is 49.4. The minimum absolute atomic E-state index is 0.0460. The highest BCUT2D eigenvalue weighted by atomic mass is 32.2. The van der Waals surface area contributed by atoms with Crippen molar-refractivity contribution in [3.8, 4) is 5.75 Å². The first-order valence-electron chi connectivity index (χ1n) is 21.5. The van der Waals surface area contributed by atoms with E-state index in [1.165, 1.54) is 24.8 Å². The number of carbonyl (C=O) groups excluding carboxylic acids is 4. The number of nitrogens with two attached hydrogens (primary N) is 1. The molecule has 2 aliphatic rings. The number of nitrogens with one attached hydrogen (secondary N) is 3. The molecule has 15 heteroatoms. The number of piperidine rings is 1. The van der Waals surface area contributed by atoms with E-state index >= 15 is 0 Å². The molecule has 332 valence electrons. The number of hydrogen-bond donors (Lipinski definition) is 6. The van der Waals surface area contributed by atoms with E-state index in [-0.39, 0.29) is 72.1 Å². The van der Waals surface area contributed by atoms with Crippen LogP contribution in [0.1, 0.15) is 125 Å². The number of thioether (sulfide) groups is 1. The number of aromatic hydroxyl groups is 1. The number of aliphatic carboxylic acids is 1. The lowest BCUT2D eigenvalue weighted by Gasteiger charge is -2.41. The number of hydrogen-bond acceptors (Lipinski definition) is 11. The Bertz CT molecular complexity index is 1620. The predicted octanol–water partition coefficient (Wildman–Crippen LogP) is 5.78. The number of carboxylic acids is 1. The Morgan fingerprint density at radius 1 is 1.08 bits per heavy atom. The number of nitrogen functional groups attached to an aromatic ring is 1. The number of anilines is 1. The Morgan fingerprint density at radius 3 is 2.39 bits per heavy atom. The van der Waals surface area contributed by atoms with Crippen LogP contribution in [-0.2, 0) is 35.1 Å². The van der Waals surface area contributed by atoms with Gasteiger partial charge in [0.25, 0.3) is 5.91 Å². The van der Waals surface area contributed by atoms with E-state index in [4.69, 9.17) is 10.5 Å². The number of ether oxygens (including phenoxy) is 1. The lowest BCUT2D eigenvalue weighted by atomic mass is 9.84. The van der Waals surface area contributed by atoms with Gasteiger partial charge in [-0.2, -0.15) is 0 Å². The van der Waals surface area contributed by atoms with E-state index in [1.54, 1.807) is 31.4 Å². The van der Waals surface area contributed by atoms with Crippen LogP contribution < -0.4 is 21.7 Å². The van der Waals surface area contributed by atoms with Gasteiger partial charge in [0.15, 0.2) is 0 Å². The summed E-state index contributed by atoms with van der Waals surface area (Å²) in [5.41, 5.74) is 5.90. The van der Waals surface area contributed by atoms with Crippen LogP contribution in [0.4, 0.5) is 5.69 Å². The van der Waals surface area contributed by atoms with Gasteiger partial charge in [-0.3, -0.25) is 28.9 Å². The van der Waals surface area contributed by atoms with Crippen LogP contribution in [0.2, 0.25) is 0 Å². The van der Waals surface area contributed by atoms with Crippen LogP contribution in [0.15, 0.2) is 29.3 Å².